The molecule has 0 bridgehead atoms. The molecule has 3 atom stereocenters. The fraction of sp³-hybridized carbons (Fsp3) is 0.750. The maximum Gasteiger partial charge on any atom is 0.0925 e. The lowest BCUT2D eigenvalue weighted by Crippen LogP contribution is -2.52. The summed E-state index contributed by atoms with van der Waals surface area (Å²) in [6.45, 7) is 2.91. The monoisotopic (exact) mass is 329 g/mol. The number of ether oxygens (including phenoxy) is 1. The van der Waals surface area contributed by atoms with Crippen LogP contribution in [-0.4, -0.2) is 46.5 Å². The number of aryl methyl sites for hydroxylation is 1. The third kappa shape index (κ3) is 2.45. The largest absolute Gasteiger partial charge is 0.373 e. The van der Waals surface area contributed by atoms with E-state index in [1.807, 2.05) is 11.7 Å². The van der Waals surface area contributed by atoms with E-state index < -0.39 is 0 Å². The van der Waals surface area contributed by atoms with Crippen molar-refractivity contribution in [3.8, 4) is 0 Å². The topological polar surface area (TPSA) is 68.3 Å². The van der Waals surface area contributed by atoms with Crippen LogP contribution in [0.25, 0.3) is 0 Å². The van der Waals surface area contributed by atoms with E-state index in [4.69, 9.17) is 10.6 Å². The Labute approximate surface area is 121 Å². The number of nitrogens with two attached hydrogens (primary N) is 1. The lowest BCUT2D eigenvalue weighted by molar-refractivity contribution is -0.0665. The predicted molar refractivity (Wildman–Crippen MR) is 75.3 cm³/mol. The zero-order valence-corrected chi connectivity index (χ0v) is 12.6. The zero-order chi connectivity index (χ0) is 13.4. The Balaban J connectivity index is 1.79. The zero-order valence-electron chi connectivity index (χ0n) is 11.1. The number of halogens is 1. The van der Waals surface area contributed by atoms with Gasteiger partial charge in [0.2, 0.25) is 0 Å². The van der Waals surface area contributed by atoms with Gasteiger partial charge in [-0.2, -0.15) is 5.10 Å². The van der Waals surface area contributed by atoms with Gasteiger partial charge in [0.15, 0.2) is 0 Å². The minimum absolute atomic E-state index is 0.0524. The first kappa shape index (κ1) is 13.5. The summed E-state index contributed by atoms with van der Waals surface area (Å²) in [6, 6.07) is 0.549. The van der Waals surface area contributed by atoms with Gasteiger partial charge >= 0.3 is 0 Å². The summed E-state index contributed by atoms with van der Waals surface area (Å²) in [5.41, 5.74) is 3.93. The fourth-order valence-electron chi connectivity index (χ4n) is 3.18. The van der Waals surface area contributed by atoms with Gasteiger partial charge in [-0.25, -0.2) is 5.43 Å². The number of fused-ring (bicyclic) bond motifs is 1. The third-order valence-electron chi connectivity index (χ3n) is 4.20. The van der Waals surface area contributed by atoms with Crippen molar-refractivity contribution < 1.29 is 4.74 Å². The lowest BCUT2D eigenvalue weighted by Gasteiger charge is -2.38. The van der Waals surface area contributed by atoms with Gasteiger partial charge in [0.25, 0.3) is 0 Å². The van der Waals surface area contributed by atoms with Gasteiger partial charge in [0.1, 0.15) is 0 Å². The number of hydrogen-bond acceptors (Lipinski definition) is 5. The van der Waals surface area contributed by atoms with Crippen molar-refractivity contribution in [3.63, 3.8) is 0 Å². The second kappa shape index (κ2) is 5.49. The van der Waals surface area contributed by atoms with Crippen LogP contribution in [0.5, 0.6) is 0 Å². The molecule has 19 heavy (non-hydrogen) atoms. The van der Waals surface area contributed by atoms with Crippen LogP contribution in [0.2, 0.25) is 0 Å². The highest BCUT2D eigenvalue weighted by Crippen LogP contribution is 2.31. The standard InChI is InChI=1S/C12H20BrN5O/c1-17-12(9(13)5-15-17)11(16-14)10-6-18-4-2-3-8(18)7-19-10/h5,8,10-11,16H,2-4,6-7,14H2,1H3. The summed E-state index contributed by atoms with van der Waals surface area (Å²) < 4.78 is 8.84. The summed E-state index contributed by atoms with van der Waals surface area (Å²) >= 11 is 3.53. The van der Waals surface area contributed by atoms with Gasteiger partial charge in [-0.1, -0.05) is 0 Å². The van der Waals surface area contributed by atoms with Crippen molar-refractivity contribution >= 4 is 15.9 Å². The molecule has 2 fully saturated rings. The normalized spacial score (nSPS) is 29.4. The summed E-state index contributed by atoms with van der Waals surface area (Å²) in [6.07, 6.45) is 4.38. The summed E-state index contributed by atoms with van der Waals surface area (Å²) in [4.78, 5) is 2.52. The van der Waals surface area contributed by atoms with Crippen LogP contribution in [-0.2, 0) is 11.8 Å². The van der Waals surface area contributed by atoms with Crippen LogP contribution in [0.1, 0.15) is 24.6 Å². The van der Waals surface area contributed by atoms with E-state index in [0.29, 0.717) is 6.04 Å². The molecule has 0 spiro atoms. The lowest BCUT2D eigenvalue weighted by atomic mass is 10.0. The molecule has 3 heterocycles. The van der Waals surface area contributed by atoms with Gasteiger partial charge in [-0.15, -0.1) is 0 Å². The molecule has 3 N–H and O–H groups in total. The number of rotatable bonds is 3. The molecular formula is C12H20BrN5O. The molecule has 6 nitrogen and oxygen atoms in total. The van der Waals surface area contributed by atoms with E-state index in [-0.39, 0.29) is 12.1 Å². The molecule has 3 unspecified atom stereocenters. The Morgan fingerprint density at radius 2 is 2.47 bits per heavy atom. The molecule has 1 aromatic heterocycles. The first-order valence-electron chi connectivity index (χ1n) is 6.70. The average Bonchev–Trinajstić information content (AvgIpc) is 3.00. The highest BCUT2D eigenvalue weighted by Gasteiger charge is 2.37. The molecule has 0 aromatic carbocycles. The van der Waals surface area contributed by atoms with Crippen molar-refractivity contribution in [1.29, 1.82) is 0 Å². The van der Waals surface area contributed by atoms with Gasteiger partial charge in [-0.3, -0.25) is 15.4 Å². The maximum atomic E-state index is 6.03. The Kier molecular flexibility index (Phi) is 3.91. The molecule has 0 aliphatic carbocycles. The van der Waals surface area contributed by atoms with Gasteiger partial charge in [0, 0.05) is 19.6 Å². The predicted octanol–water partition coefficient (Wildman–Crippen LogP) is 0.550. The minimum Gasteiger partial charge on any atom is -0.373 e. The third-order valence-corrected chi connectivity index (χ3v) is 4.81. The Bertz CT molecular complexity index is 432. The van der Waals surface area contributed by atoms with E-state index in [0.717, 1.165) is 23.3 Å². The van der Waals surface area contributed by atoms with Crippen molar-refractivity contribution in [1.82, 2.24) is 20.1 Å². The second-order valence-electron chi connectivity index (χ2n) is 5.31. The van der Waals surface area contributed by atoms with Crippen LogP contribution >= 0.6 is 15.9 Å². The van der Waals surface area contributed by atoms with Crippen LogP contribution in [0.15, 0.2) is 10.7 Å². The molecule has 2 aliphatic rings. The van der Waals surface area contributed by atoms with Crippen LogP contribution in [0.4, 0.5) is 0 Å². The Hall–Kier alpha value is -0.470. The summed E-state index contributed by atoms with van der Waals surface area (Å²) in [5, 5.41) is 4.25. The number of aromatic nitrogens is 2. The van der Waals surface area contributed by atoms with Crippen molar-refractivity contribution in [2.45, 2.75) is 31.0 Å². The van der Waals surface area contributed by atoms with Crippen molar-refractivity contribution in [2.24, 2.45) is 12.9 Å². The van der Waals surface area contributed by atoms with Crippen molar-refractivity contribution in [3.05, 3.63) is 16.4 Å². The highest BCUT2D eigenvalue weighted by atomic mass is 79.9. The minimum atomic E-state index is -0.0524. The maximum absolute atomic E-state index is 6.03. The molecule has 106 valence electrons. The molecular weight excluding hydrogens is 310 g/mol. The molecule has 0 amide bonds. The van der Waals surface area contributed by atoms with E-state index in [9.17, 15) is 0 Å². The first-order chi connectivity index (χ1) is 9.20. The molecule has 0 saturated carbocycles. The molecule has 1 aromatic rings. The smallest absolute Gasteiger partial charge is 0.0925 e. The fourth-order valence-corrected chi connectivity index (χ4v) is 3.77. The Morgan fingerprint density at radius 1 is 1.63 bits per heavy atom. The molecule has 3 rings (SSSR count). The van der Waals surface area contributed by atoms with Crippen LogP contribution in [0.3, 0.4) is 0 Å². The van der Waals surface area contributed by atoms with Crippen LogP contribution in [0, 0.1) is 0 Å². The molecule has 7 heteroatoms. The van der Waals surface area contributed by atoms with E-state index in [1.165, 1.54) is 19.4 Å². The van der Waals surface area contributed by atoms with Crippen molar-refractivity contribution in [2.75, 3.05) is 19.7 Å². The Morgan fingerprint density at radius 3 is 3.16 bits per heavy atom. The second-order valence-corrected chi connectivity index (χ2v) is 6.16. The quantitative estimate of drug-likeness (QED) is 0.626. The van der Waals surface area contributed by atoms with Crippen LogP contribution < -0.4 is 11.3 Å². The van der Waals surface area contributed by atoms with Gasteiger partial charge < -0.3 is 4.74 Å². The number of hydrogen-bond donors (Lipinski definition) is 2. The molecule has 0 radical (unpaired) electrons. The highest BCUT2D eigenvalue weighted by molar-refractivity contribution is 9.10. The van der Waals surface area contributed by atoms with E-state index >= 15 is 0 Å². The first-order valence-corrected chi connectivity index (χ1v) is 7.49. The van der Waals surface area contributed by atoms with E-state index in [1.54, 1.807) is 6.20 Å². The number of morpholine rings is 1. The summed E-state index contributed by atoms with van der Waals surface area (Å²) in [5.74, 6) is 5.76. The number of nitrogens with zero attached hydrogens (tertiary/aromatic N) is 3. The van der Waals surface area contributed by atoms with Gasteiger partial charge in [0.05, 0.1) is 35.1 Å². The number of hydrazine groups is 1. The molecule has 2 saturated heterocycles. The van der Waals surface area contributed by atoms with Gasteiger partial charge in [-0.05, 0) is 35.3 Å². The average molecular weight is 330 g/mol. The number of nitrogens with one attached hydrogen (secondary N) is 1. The molecule has 2 aliphatic heterocycles. The summed E-state index contributed by atoms with van der Waals surface area (Å²) in [7, 11) is 1.92. The van der Waals surface area contributed by atoms with E-state index in [2.05, 4.69) is 31.4 Å². The SMILES string of the molecule is Cn1ncc(Br)c1C(NN)C1CN2CCCC2CO1.